The largest absolute Gasteiger partial charge is 0.354 e. The maximum Gasteiger partial charge on any atom is 0.280 e. The molecule has 9 nitrogen and oxygen atoms in total. The number of aromatic nitrogens is 2. The first-order chi connectivity index (χ1) is 15.2. The van der Waals surface area contributed by atoms with Gasteiger partial charge in [-0.25, -0.2) is 9.07 Å². The lowest BCUT2D eigenvalue weighted by atomic mass is 10.0. The van der Waals surface area contributed by atoms with Gasteiger partial charge in [-0.05, 0) is 31.5 Å². The van der Waals surface area contributed by atoms with Gasteiger partial charge in [0, 0.05) is 26.2 Å². The molecule has 11 heteroatoms. The Morgan fingerprint density at radius 1 is 1.31 bits per heavy atom. The lowest BCUT2D eigenvalue weighted by molar-refractivity contribution is -0.133. The number of piperazine rings is 1. The van der Waals surface area contributed by atoms with Crippen molar-refractivity contribution in [1.82, 2.24) is 20.0 Å². The molecule has 2 atom stereocenters. The molecule has 0 spiro atoms. The van der Waals surface area contributed by atoms with Crippen LogP contribution in [0.5, 0.6) is 0 Å². The minimum absolute atomic E-state index is 0.0781. The second-order valence-electron chi connectivity index (χ2n) is 7.76. The molecule has 0 aliphatic carbocycles. The summed E-state index contributed by atoms with van der Waals surface area (Å²) in [6.45, 7) is 4.27. The molecule has 2 aliphatic heterocycles. The van der Waals surface area contributed by atoms with Crippen LogP contribution in [0.3, 0.4) is 0 Å². The van der Waals surface area contributed by atoms with E-state index in [-0.39, 0.29) is 34.6 Å². The molecule has 1 fully saturated rings. The maximum atomic E-state index is 13.5. The number of hydrogen-bond acceptors (Lipinski definition) is 6. The van der Waals surface area contributed by atoms with Crippen molar-refractivity contribution in [1.29, 1.82) is 0 Å². The summed E-state index contributed by atoms with van der Waals surface area (Å²) in [5.74, 6) is -2.28. The van der Waals surface area contributed by atoms with Crippen molar-refractivity contribution in [3.8, 4) is 0 Å². The van der Waals surface area contributed by atoms with E-state index in [2.05, 4.69) is 10.4 Å². The van der Waals surface area contributed by atoms with Gasteiger partial charge < -0.3 is 15.1 Å². The Kier molecular flexibility index (Phi) is 5.49. The lowest BCUT2D eigenvalue weighted by Gasteiger charge is -2.42. The third-order valence-electron chi connectivity index (χ3n) is 5.81. The van der Waals surface area contributed by atoms with E-state index in [1.807, 2.05) is 13.8 Å². The molecular formula is C21H21ClFN5O4. The first-order valence-electron chi connectivity index (χ1n) is 10.1. The van der Waals surface area contributed by atoms with E-state index in [4.69, 9.17) is 11.6 Å². The summed E-state index contributed by atoms with van der Waals surface area (Å²) in [6, 6.07) is 2.41. The number of carbonyl (C=O) groups excluding carboxylic acids is 3. The van der Waals surface area contributed by atoms with Crippen LogP contribution in [0.15, 0.2) is 23.0 Å². The number of fused-ring (bicyclic) bond motifs is 3. The molecule has 32 heavy (non-hydrogen) atoms. The number of halogens is 2. The fourth-order valence-corrected chi connectivity index (χ4v) is 4.48. The predicted octanol–water partition coefficient (Wildman–Crippen LogP) is 1.07. The Bertz CT molecular complexity index is 1210. The molecule has 2 aromatic rings. The molecule has 1 saturated heterocycles. The fourth-order valence-electron chi connectivity index (χ4n) is 4.28. The van der Waals surface area contributed by atoms with Gasteiger partial charge in [-0.2, -0.15) is 5.10 Å². The van der Waals surface area contributed by atoms with Crippen LogP contribution in [0.1, 0.15) is 40.3 Å². The third-order valence-corrected chi connectivity index (χ3v) is 6.10. The first kappa shape index (κ1) is 21.9. The van der Waals surface area contributed by atoms with E-state index in [1.54, 1.807) is 4.90 Å². The quantitative estimate of drug-likeness (QED) is 0.683. The molecular weight excluding hydrogens is 441 g/mol. The molecule has 1 aromatic carbocycles. The van der Waals surface area contributed by atoms with E-state index in [0.29, 0.717) is 18.7 Å². The number of nitrogens with zero attached hydrogens (tertiary/aromatic N) is 4. The summed E-state index contributed by atoms with van der Waals surface area (Å²) in [7, 11) is 1.41. The number of anilines is 1. The topological polar surface area (TPSA) is 105 Å². The number of hydrogen-bond donors (Lipinski definition) is 1. The highest BCUT2D eigenvalue weighted by molar-refractivity contribution is 6.30. The molecule has 1 N–H and O–H groups in total. The monoisotopic (exact) mass is 461 g/mol. The first-order valence-corrected chi connectivity index (χ1v) is 10.5. The highest BCUT2D eigenvalue weighted by Crippen LogP contribution is 2.37. The van der Waals surface area contributed by atoms with Crippen LogP contribution in [-0.2, 0) is 11.3 Å². The highest BCUT2D eigenvalue weighted by atomic mass is 35.5. The summed E-state index contributed by atoms with van der Waals surface area (Å²) in [6.07, 6.45) is 0. The van der Waals surface area contributed by atoms with Crippen LogP contribution in [0.25, 0.3) is 0 Å². The van der Waals surface area contributed by atoms with Crippen molar-refractivity contribution >= 4 is 34.9 Å². The number of rotatable bonds is 4. The summed E-state index contributed by atoms with van der Waals surface area (Å²) >= 11 is 5.83. The molecule has 1 unspecified atom stereocenters. The SMILES string of the molecule is CCN1C[C@H](C)N2c3c(C(=O)NC)nn(Cc4ccc(F)c(Cl)c4)c(=O)c3C(=O)C2C1=O. The standard InChI is InChI=1S/C21H21ClFN5O4/c1-4-26-8-10(2)28-16-14(18(29)17(28)21(26)32)20(31)27(25-15(16)19(30)24-3)9-11-5-6-13(23)12(22)7-11/h5-7,10,17H,4,8-9H2,1-3H3,(H,24,30)/t10-,17?/m0/s1. The summed E-state index contributed by atoms with van der Waals surface area (Å²) < 4.78 is 14.5. The Labute approximate surface area is 187 Å². The summed E-state index contributed by atoms with van der Waals surface area (Å²) in [5.41, 5.74) is -0.561. The maximum absolute atomic E-state index is 13.5. The average Bonchev–Trinajstić information content (AvgIpc) is 3.08. The van der Waals surface area contributed by atoms with Gasteiger partial charge in [0.25, 0.3) is 17.4 Å². The number of likely N-dealkylation sites (N-methyl/N-ethyl adjacent to an activating group) is 1. The Morgan fingerprint density at radius 2 is 2.03 bits per heavy atom. The van der Waals surface area contributed by atoms with Gasteiger partial charge in [-0.1, -0.05) is 17.7 Å². The Balaban J connectivity index is 1.90. The number of carbonyl (C=O) groups is 3. The highest BCUT2D eigenvalue weighted by Gasteiger charge is 2.52. The second-order valence-corrected chi connectivity index (χ2v) is 8.17. The fraction of sp³-hybridized carbons (Fsp3) is 0.381. The molecule has 2 aliphatic rings. The molecule has 0 bridgehead atoms. The lowest BCUT2D eigenvalue weighted by Crippen LogP contribution is -2.61. The van der Waals surface area contributed by atoms with E-state index < -0.39 is 35.0 Å². The van der Waals surface area contributed by atoms with Crippen molar-refractivity contribution in [2.45, 2.75) is 32.5 Å². The smallest absolute Gasteiger partial charge is 0.280 e. The molecule has 3 heterocycles. The second kappa shape index (κ2) is 8.01. The molecule has 4 rings (SSSR count). The van der Waals surface area contributed by atoms with Gasteiger partial charge in [-0.15, -0.1) is 0 Å². The number of nitrogens with one attached hydrogen (secondary N) is 1. The number of benzene rings is 1. The van der Waals surface area contributed by atoms with Crippen molar-refractivity contribution in [3.63, 3.8) is 0 Å². The minimum atomic E-state index is -1.21. The Morgan fingerprint density at radius 3 is 2.66 bits per heavy atom. The van der Waals surface area contributed by atoms with Crippen LogP contribution < -0.4 is 15.8 Å². The van der Waals surface area contributed by atoms with Gasteiger partial charge in [0.05, 0.1) is 17.3 Å². The van der Waals surface area contributed by atoms with Crippen LogP contribution in [0.4, 0.5) is 10.1 Å². The molecule has 2 amide bonds. The molecule has 1 aromatic heterocycles. The van der Waals surface area contributed by atoms with Gasteiger partial charge in [0.2, 0.25) is 5.78 Å². The van der Waals surface area contributed by atoms with Crippen LogP contribution in [0.2, 0.25) is 5.02 Å². The average molecular weight is 462 g/mol. The van der Waals surface area contributed by atoms with Gasteiger partial charge in [0.15, 0.2) is 11.7 Å². The van der Waals surface area contributed by atoms with Crippen molar-refractivity contribution in [3.05, 3.63) is 56.2 Å². The van der Waals surface area contributed by atoms with Crippen LogP contribution >= 0.6 is 11.6 Å². The number of Topliss-reactive ketones (excluding diaryl/α,β-unsaturated/α-hetero) is 1. The summed E-state index contributed by atoms with van der Waals surface area (Å²) in [5, 5.41) is 6.57. The van der Waals surface area contributed by atoms with Crippen LogP contribution in [-0.4, -0.2) is 64.5 Å². The van der Waals surface area contributed by atoms with E-state index in [0.717, 1.165) is 10.7 Å². The number of ketones is 1. The van der Waals surface area contributed by atoms with Gasteiger partial charge in [0.1, 0.15) is 11.4 Å². The summed E-state index contributed by atoms with van der Waals surface area (Å²) in [4.78, 5) is 55.3. The normalized spacial score (nSPS) is 19.8. The van der Waals surface area contributed by atoms with E-state index in [9.17, 15) is 23.6 Å². The van der Waals surface area contributed by atoms with Crippen molar-refractivity contribution < 1.29 is 18.8 Å². The van der Waals surface area contributed by atoms with E-state index in [1.165, 1.54) is 24.1 Å². The third kappa shape index (κ3) is 3.26. The predicted molar refractivity (Wildman–Crippen MR) is 115 cm³/mol. The zero-order valence-corrected chi connectivity index (χ0v) is 18.4. The zero-order chi connectivity index (χ0) is 23.3. The minimum Gasteiger partial charge on any atom is -0.354 e. The zero-order valence-electron chi connectivity index (χ0n) is 17.7. The van der Waals surface area contributed by atoms with Crippen molar-refractivity contribution in [2.75, 3.05) is 25.0 Å². The molecule has 0 radical (unpaired) electrons. The van der Waals surface area contributed by atoms with E-state index >= 15 is 0 Å². The molecule has 168 valence electrons. The van der Waals surface area contributed by atoms with Crippen molar-refractivity contribution in [2.24, 2.45) is 0 Å². The Hall–Kier alpha value is -3.27. The van der Waals surface area contributed by atoms with Gasteiger partial charge in [-0.3, -0.25) is 19.2 Å². The van der Waals surface area contributed by atoms with Gasteiger partial charge >= 0.3 is 0 Å². The molecule has 0 saturated carbocycles. The number of amides is 2. The van der Waals surface area contributed by atoms with Crippen LogP contribution in [0, 0.1) is 5.82 Å².